The molecule has 0 saturated heterocycles. The van der Waals surface area contributed by atoms with Crippen molar-refractivity contribution in [1.29, 1.82) is 0 Å². The lowest BCUT2D eigenvalue weighted by Gasteiger charge is -2.35. The van der Waals surface area contributed by atoms with E-state index in [2.05, 4.69) is 72.2 Å². The Balaban J connectivity index is 2.62. The molecule has 0 amide bonds. The molecule has 0 bridgehead atoms. The molecule has 0 saturated carbocycles. The van der Waals surface area contributed by atoms with E-state index in [1.807, 2.05) is 7.05 Å². The lowest BCUT2D eigenvalue weighted by Crippen LogP contribution is -2.48. The first-order valence-electron chi connectivity index (χ1n) is 6.47. The molecule has 0 heterocycles. The molecule has 1 aromatic carbocycles. The Morgan fingerprint density at radius 3 is 2.61 bits per heavy atom. The van der Waals surface area contributed by atoms with Crippen LogP contribution in [0.4, 0.5) is 0 Å². The van der Waals surface area contributed by atoms with Crippen LogP contribution in [0.25, 0.3) is 0 Å². The van der Waals surface area contributed by atoms with Gasteiger partial charge in [0.05, 0.1) is 0 Å². The molecule has 0 spiro atoms. The van der Waals surface area contributed by atoms with Gasteiger partial charge >= 0.3 is 0 Å². The van der Waals surface area contributed by atoms with Gasteiger partial charge in [-0.2, -0.15) is 0 Å². The Labute approximate surface area is 120 Å². The summed E-state index contributed by atoms with van der Waals surface area (Å²) in [5.41, 5.74) is 2.99. The van der Waals surface area contributed by atoms with Gasteiger partial charge in [0.15, 0.2) is 0 Å². The summed E-state index contributed by atoms with van der Waals surface area (Å²) in [6.45, 7) is 8.81. The summed E-state index contributed by atoms with van der Waals surface area (Å²) in [6.07, 6.45) is 1.09. The van der Waals surface area contributed by atoms with Crippen molar-refractivity contribution >= 4 is 15.9 Å². The van der Waals surface area contributed by atoms with Gasteiger partial charge in [-0.25, -0.2) is 0 Å². The van der Waals surface area contributed by atoms with Crippen LogP contribution in [0.15, 0.2) is 22.7 Å². The van der Waals surface area contributed by atoms with Gasteiger partial charge in [0.2, 0.25) is 0 Å². The maximum Gasteiger partial charge on any atom is 0.0274 e. The molecule has 3 heteroatoms. The van der Waals surface area contributed by atoms with E-state index in [0.29, 0.717) is 0 Å². The first-order chi connectivity index (χ1) is 8.36. The summed E-state index contributed by atoms with van der Waals surface area (Å²) in [7, 11) is 4.21. The van der Waals surface area contributed by atoms with Gasteiger partial charge in [-0.05, 0) is 64.5 Å². The van der Waals surface area contributed by atoms with Crippen molar-refractivity contribution in [1.82, 2.24) is 10.2 Å². The molecule has 0 radical (unpaired) electrons. The Morgan fingerprint density at radius 2 is 2.00 bits per heavy atom. The van der Waals surface area contributed by atoms with E-state index in [0.717, 1.165) is 19.5 Å². The van der Waals surface area contributed by atoms with Gasteiger partial charge in [0.25, 0.3) is 0 Å². The summed E-state index contributed by atoms with van der Waals surface area (Å²) in [6, 6.07) is 6.51. The third kappa shape index (κ3) is 4.38. The number of nitrogens with zero attached hydrogens (tertiary/aromatic N) is 1. The molecular weight excluding hydrogens is 288 g/mol. The molecule has 0 aliphatic heterocycles. The zero-order chi connectivity index (χ0) is 13.8. The zero-order valence-corrected chi connectivity index (χ0v) is 13.8. The van der Waals surface area contributed by atoms with Gasteiger partial charge in [-0.1, -0.05) is 22.0 Å². The fourth-order valence-electron chi connectivity index (χ4n) is 2.07. The van der Waals surface area contributed by atoms with E-state index in [9.17, 15) is 0 Å². The van der Waals surface area contributed by atoms with Crippen LogP contribution >= 0.6 is 15.9 Å². The lowest BCUT2D eigenvalue weighted by atomic mass is 10.0. The molecule has 0 unspecified atom stereocenters. The normalized spacial score (nSPS) is 12.2. The van der Waals surface area contributed by atoms with E-state index in [1.54, 1.807) is 0 Å². The molecule has 0 atom stereocenters. The topological polar surface area (TPSA) is 15.3 Å². The fraction of sp³-hybridized carbons (Fsp3) is 0.600. The Morgan fingerprint density at radius 1 is 1.33 bits per heavy atom. The van der Waals surface area contributed by atoms with Crippen LogP contribution in [0.5, 0.6) is 0 Å². The van der Waals surface area contributed by atoms with Gasteiger partial charge in [-0.3, -0.25) is 4.90 Å². The molecular formula is C15H25BrN2. The van der Waals surface area contributed by atoms with Crippen molar-refractivity contribution in [3.05, 3.63) is 33.8 Å². The summed E-state index contributed by atoms with van der Waals surface area (Å²) in [4.78, 5) is 2.42. The Hall–Kier alpha value is -0.380. The molecule has 18 heavy (non-hydrogen) atoms. The minimum atomic E-state index is 0.189. The first-order valence-corrected chi connectivity index (χ1v) is 7.27. The number of hydrogen-bond acceptors (Lipinski definition) is 2. The van der Waals surface area contributed by atoms with Crippen molar-refractivity contribution in [2.24, 2.45) is 0 Å². The summed E-state index contributed by atoms with van der Waals surface area (Å²) in [5, 5.41) is 3.26. The highest BCUT2D eigenvalue weighted by atomic mass is 79.9. The number of aryl methyl sites for hydroxylation is 1. The largest absolute Gasteiger partial charge is 0.318 e. The van der Waals surface area contributed by atoms with E-state index < -0.39 is 0 Å². The molecule has 2 nitrogen and oxygen atoms in total. The maximum absolute atomic E-state index is 3.54. The van der Waals surface area contributed by atoms with Crippen LogP contribution in [-0.4, -0.2) is 37.6 Å². The van der Waals surface area contributed by atoms with Crippen LogP contribution in [-0.2, 0) is 6.42 Å². The predicted octanol–water partition coefficient (Wildman–Crippen LogP) is 3.23. The highest BCUT2D eigenvalue weighted by molar-refractivity contribution is 9.10. The van der Waals surface area contributed by atoms with Gasteiger partial charge in [0, 0.05) is 23.1 Å². The zero-order valence-electron chi connectivity index (χ0n) is 12.2. The van der Waals surface area contributed by atoms with Crippen LogP contribution in [0.3, 0.4) is 0 Å². The molecule has 102 valence electrons. The monoisotopic (exact) mass is 312 g/mol. The molecule has 0 aliphatic carbocycles. The lowest BCUT2D eigenvalue weighted by molar-refractivity contribution is 0.157. The predicted molar refractivity (Wildman–Crippen MR) is 83.2 cm³/mol. The van der Waals surface area contributed by atoms with E-state index >= 15 is 0 Å². The summed E-state index contributed by atoms with van der Waals surface area (Å²) < 4.78 is 1.17. The number of hydrogen-bond donors (Lipinski definition) is 1. The van der Waals surface area contributed by atoms with E-state index in [-0.39, 0.29) is 5.54 Å². The van der Waals surface area contributed by atoms with Crippen molar-refractivity contribution in [2.75, 3.05) is 27.2 Å². The number of halogens is 1. The third-order valence-electron chi connectivity index (χ3n) is 3.67. The molecule has 1 N–H and O–H groups in total. The van der Waals surface area contributed by atoms with E-state index in [1.165, 1.54) is 15.6 Å². The average Bonchev–Trinajstić information content (AvgIpc) is 2.29. The van der Waals surface area contributed by atoms with E-state index in [4.69, 9.17) is 0 Å². The molecule has 1 rings (SSSR count). The van der Waals surface area contributed by atoms with Gasteiger partial charge < -0.3 is 5.32 Å². The smallest absolute Gasteiger partial charge is 0.0274 e. The van der Waals surface area contributed by atoms with Crippen molar-refractivity contribution in [3.8, 4) is 0 Å². The number of rotatable bonds is 6. The molecule has 0 aliphatic rings. The standard InChI is InChI=1S/C15H25BrN2/c1-12-6-7-14(16)10-13(12)8-9-18(5)15(2,3)11-17-4/h6-7,10,17H,8-9,11H2,1-5H3. The number of nitrogens with one attached hydrogen (secondary N) is 1. The second kappa shape index (κ2) is 6.69. The van der Waals surface area contributed by atoms with Crippen molar-refractivity contribution in [3.63, 3.8) is 0 Å². The number of benzene rings is 1. The maximum atomic E-state index is 3.54. The van der Waals surface area contributed by atoms with Crippen LogP contribution < -0.4 is 5.32 Å². The molecule has 1 aromatic rings. The van der Waals surface area contributed by atoms with Crippen LogP contribution in [0, 0.1) is 6.92 Å². The first kappa shape index (κ1) is 15.7. The average molecular weight is 313 g/mol. The van der Waals surface area contributed by atoms with Gasteiger partial charge in [0.1, 0.15) is 0 Å². The molecule has 0 fully saturated rings. The highest BCUT2D eigenvalue weighted by Gasteiger charge is 2.22. The number of likely N-dealkylation sites (N-methyl/N-ethyl adjacent to an activating group) is 2. The minimum Gasteiger partial charge on any atom is -0.318 e. The van der Waals surface area contributed by atoms with Gasteiger partial charge in [-0.15, -0.1) is 0 Å². The fourth-order valence-corrected chi connectivity index (χ4v) is 2.48. The molecule has 0 aromatic heterocycles. The minimum absolute atomic E-state index is 0.189. The highest BCUT2D eigenvalue weighted by Crippen LogP contribution is 2.18. The Bertz CT molecular complexity index is 388. The third-order valence-corrected chi connectivity index (χ3v) is 4.16. The van der Waals surface area contributed by atoms with Crippen LogP contribution in [0.1, 0.15) is 25.0 Å². The van der Waals surface area contributed by atoms with Crippen molar-refractivity contribution < 1.29 is 0 Å². The Kier molecular flexibility index (Phi) is 5.83. The second-order valence-electron chi connectivity index (χ2n) is 5.59. The van der Waals surface area contributed by atoms with Crippen LogP contribution in [0.2, 0.25) is 0 Å². The summed E-state index contributed by atoms with van der Waals surface area (Å²) in [5.74, 6) is 0. The van der Waals surface area contributed by atoms with Crippen molar-refractivity contribution in [2.45, 2.75) is 32.7 Å². The SMILES string of the molecule is CNCC(C)(C)N(C)CCc1cc(Br)ccc1C. The summed E-state index contributed by atoms with van der Waals surface area (Å²) >= 11 is 3.54. The quantitative estimate of drug-likeness (QED) is 0.867. The second-order valence-corrected chi connectivity index (χ2v) is 6.50.